The van der Waals surface area contributed by atoms with E-state index in [1.54, 1.807) is 7.11 Å². The Morgan fingerprint density at radius 2 is 1.96 bits per heavy atom. The predicted molar refractivity (Wildman–Crippen MR) is 88.0 cm³/mol. The van der Waals surface area contributed by atoms with Crippen LogP contribution in [0.4, 0.5) is 0 Å². The predicted octanol–water partition coefficient (Wildman–Crippen LogP) is 2.43. The molecule has 6 heteroatoms. The molecule has 0 aromatic heterocycles. The highest BCUT2D eigenvalue weighted by molar-refractivity contribution is 6.61. The summed E-state index contributed by atoms with van der Waals surface area (Å²) in [6, 6.07) is 5.91. The van der Waals surface area contributed by atoms with E-state index < -0.39 is 6.29 Å². The van der Waals surface area contributed by atoms with Gasteiger partial charge in [-0.05, 0) is 45.1 Å². The topological polar surface area (TPSA) is 46.2 Å². The molecule has 5 nitrogen and oxygen atoms in total. The summed E-state index contributed by atoms with van der Waals surface area (Å²) in [5.74, 6) is 0.753. The van der Waals surface area contributed by atoms with Gasteiger partial charge in [-0.1, -0.05) is 12.1 Å². The quantitative estimate of drug-likeness (QED) is 0.801. The zero-order valence-electron chi connectivity index (χ0n) is 14.3. The van der Waals surface area contributed by atoms with E-state index in [-0.39, 0.29) is 18.8 Å². The second kappa shape index (κ2) is 6.81. The van der Waals surface area contributed by atoms with Crippen molar-refractivity contribution < 1.29 is 23.5 Å². The molecule has 0 aliphatic carbocycles. The Labute approximate surface area is 138 Å². The van der Waals surface area contributed by atoms with E-state index in [1.807, 2.05) is 18.2 Å². The minimum atomic E-state index is -0.396. The van der Waals surface area contributed by atoms with Crippen molar-refractivity contribution in [3.8, 4) is 5.75 Å². The highest BCUT2D eigenvalue weighted by atomic mass is 16.7. The normalized spacial score (nSPS) is 25.4. The summed E-state index contributed by atoms with van der Waals surface area (Å²) < 4.78 is 29.0. The lowest BCUT2D eigenvalue weighted by atomic mass is 9.74. The molecule has 0 amide bonds. The molecule has 1 aromatic rings. The van der Waals surface area contributed by atoms with Crippen LogP contribution < -0.4 is 10.2 Å². The highest BCUT2D eigenvalue weighted by Crippen LogP contribution is 2.31. The maximum Gasteiger partial charge on any atom is 0.494 e. The molecule has 2 saturated heterocycles. The Hall–Kier alpha value is -1.08. The summed E-state index contributed by atoms with van der Waals surface area (Å²) in [5, 5.41) is 0. The van der Waals surface area contributed by atoms with Gasteiger partial charge in [-0.2, -0.15) is 0 Å². The summed E-state index contributed by atoms with van der Waals surface area (Å²) in [6.45, 7) is 7.65. The van der Waals surface area contributed by atoms with E-state index in [1.165, 1.54) is 0 Å². The number of benzene rings is 1. The molecule has 0 radical (unpaired) electrons. The average molecular weight is 320 g/mol. The van der Waals surface area contributed by atoms with Gasteiger partial charge in [0, 0.05) is 11.7 Å². The first kappa shape index (κ1) is 16.8. The second-order valence-electron chi connectivity index (χ2n) is 6.79. The molecule has 1 atom stereocenters. The lowest BCUT2D eigenvalue weighted by Crippen LogP contribution is -2.51. The van der Waals surface area contributed by atoms with Crippen LogP contribution in [0.2, 0.25) is 0 Å². The van der Waals surface area contributed by atoms with E-state index in [0.29, 0.717) is 13.2 Å². The third kappa shape index (κ3) is 3.88. The van der Waals surface area contributed by atoms with Gasteiger partial charge in [-0.3, -0.25) is 0 Å². The minimum absolute atomic E-state index is 0.150. The summed E-state index contributed by atoms with van der Waals surface area (Å²) in [7, 11) is 1.27. The lowest BCUT2D eigenvalue weighted by molar-refractivity contribution is -0.183. The largest absolute Gasteiger partial charge is 0.496 e. The fraction of sp³-hybridized carbons (Fsp3) is 0.647. The molecule has 23 heavy (non-hydrogen) atoms. The Morgan fingerprint density at radius 1 is 1.22 bits per heavy atom. The summed E-state index contributed by atoms with van der Waals surface area (Å²) in [5.41, 5.74) is 1.63. The van der Waals surface area contributed by atoms with Crippen molar-refractivity contribution in [3.63, 3.8) is 0 Å². The Bertz CT molecular complexity index is 542. The standard InChI is InChI=1S/C17H25BO5/c1-12-11-17(2,3)23-18(22-12)13-6-7-15(19-4)14(10-13)16-20-8-5-9-21-16/h6-7,10,12,16H,5,8-9,11H2,1-4H3/t12-/m0/s1. The van der Waals surface area contributed by atoms with Gasteiger partial charge in [0.25, 0.3) is 0 Å². The Balaban J connectivity index is 1.88. The van der Waals surface area contributed by atoms with Crippen LogP contribution in [-0.4, -0.2) is 39.1 Å². The monoisotopic (exact) mass is 320 g/mol. The van der Waals surface area contributed by atoms with Crippen LogP contribution in [0, 0.1) is 0 Å². The number of hydrogen-bond donors (Lipinski definition) is 0. The van der Waals surface area contributed by atoms with Crippen LogP contribution in [0.1, 0.15) is 45.5 Å². The zero-order valence-corrected chi connectivity index (χ0v) is 14.3. The van der Waals surface area contributed by atoms with Gasteiger partial charge in [-0.25, -0.2) is 0 Å². The second-order valence-corrected chi connectivity index (χ2v) is 6.79. The molecule has 0 spiro atoms. The van der Waals surface area contributed by atoms with Crippen molar-refractivity contribution in [2.24, 2.45) is 0 Å². The van der Waals surface area contributed by atoms with Gasteiger partial charge >= 0.3 is 7.12 Å². The van der Waals surface area contributed by atoms with Crippen LogP contribution in [0.3, 0.4) is 0 Å². The van der Waals surface area contributed by atoms with Gasteiger partial charge in [0.15, 0.2) is 6.29 Å². The molecule has 3 rings (SSSR count). The van der Waals surface area contributed by atoms with E-state index in [2.05, 4.69) is 20.8 Å². The van der Waals surface area contributed by atoms with Crippen molar-refractivity contribution in [1.82, 2.24) is 0 Å². The molecule has 0 N–H and O–H groups in total. The molecule has 2 aliphatic heterocycles. The minimum Gasteiger partial charge on any atom is -0.496 e. The van der Waals surface area contributed by atoms with E-state index >= 15 is 0 Å². The summed E-state index contributed by atoms with van der Waals surface area (Å²) in [6.07, 6.45) is 1.55. The highest BCUT2D eigenvalue weighted by Gasteiger charge is 2.38. The van der Waals surface area contributed by atoms with Crippen molar-refractivity contribution in [2.45, 2.75) is 51.6 Å². The van der Waals surface area contributed by atoms with Crippen LogP contribution >= 0.6 is 0 Å². The van der Waals surface area contributed by atoms with Crippen molar-refractivity contribution in [2.75, 3.05) is 20.3 Å². The van der Waals surface area contributed by atoms with E-state index in [0.717, 1.165) is 29.6 Å². The lowest BCUT2D eigenvalue weighted by Gasteiger charge is -2.38. The van der Waals surface area contributed by atoms with Crippen molar-refractivity contribution in [3.05, 3.63) is 23.8 Å². The van der Waals surface area contributed by atoms with Crippen LogP contribution in [0.15, 0.2) is 18.2 Å². The molecular formula is C17H25BO5. The molecule has 0 unspecified atom stereocenters. The van der Waals surface area contributed by atoms with E-state index in [4.69, 9.17) is 23.5 Å². The average Bonchev–Trinajstić information content (AvgIpc) is 2.53. The summed E-state index contributed by atoms with van der Waals surface area (Å²) >= 11 is 0. The van der Waals surface area contributed by atoms with Gasteiger partial charge < -0.3 is 23.5 Å². The zero-order chi connectivity index (χ0) is 16.4. The van der Waals surface area contributed by atoms with Gasteiger partial charge in [0.2, 0.25) is 0 Å². The Morgan fingerprint density at radius 3 is 2.61 bits per heavy atom. The molecule has 1 aromatic carbocycles. The number of rotatable bonds is 3. The maximum atomic E-state index is 6.10. The maximum absolute atomic E-state index is 6.10. The van der Waals surface area contributed by atoms with Crippen LogP contribution in [0.5, 0.6) is 5.75 Å². The van der Waals surface area contributed by atoms with Crippen molar-refractivity contribution in [1.29, 1.82) is 0 Å². The Kier molecular flexibility index (Phi) is 4.97. The number of methoxy groups -OCH3 is 1. The first-order chi connectivity index (χ1) is 11.0. The fourth-order valence-corrected chi connectivity index (χ4v) is 3.21. The molecule has 126 valence electrons. The molecule has 0 saturated carbocycles. The molecular weight excluding hydrogens is 295 g/mol. The first-order valence-corrected chi connectivity index (χ1v) is 8.23. The van der Waals surface area contributed by atoms with E-state index in [9.17, 15) is 0 Å². The van der Waals surface area contributed by atoms with Crippen LogP contribution in [-0.2, 0) is 18.8 Å². The van der Waals surface area contributed by atoms with Gasteiger partial charge in [-0.15, -0.1) is 0 Å². The molecule has 2 fully saturated rings. The number of hydrogen-bond acceptors (Lipinski definition) is 5. The smallest absolute Gasteiger partial charge is 0.494 e. The third-order valence-corrected chi connectivity index (χ3v) is 4.17. The molecule has 2 aliphatic rings. The van der Waals surface area contributed by atoms with Crippen molar-refractivity contribution >= 4 is 12.6 Å². The SMILES string of the molecule is COc1ccc(B2O[C@@H](C)CC(C)(C)O2)cc1C1OCCCO1. The molecule has 2 heterocycles. The third-order valence-electron chi connectivity index (χ3n) is 4.17. The molecule has 0 bridgehead atoms. The van der Waals surface area contributed by atoms with Crippen LogP contribution in [0.25, 0.3) is 0 Å². The van der Waals surface area contributed by atoms with Gasteiger partial charge in [0.05, 0.1) is 25.9 Å². The number of ether oxygens (including phenoxy) is 3. The summed E-state index contributed by atoms with van der Waals surface area (Å²) in [4.78, 5) is 0. The first-order valence-electron chi connectivity index (χ1n) is 8.23. The van der Waals surface area contributed by atoms with Gasteiger partial charge in [0.1, 0.15) is 5.75 Å². The fourth-order valence-electron chi connectivity index (χ4n) is 3.21.